The molecule has 21 heavy (non-hydrogen) atoms. The molecular weight excluding hydrogens is 264 g/mol. The van der Waals surface area contributed by atoms with Gasteiger partial charge in [-0.05, 0) is 48.9 Å². The first-order valence-corrected chi connectivity index (χ1v) is 7.73. The smallest absolute Gasteiger partial charge is 0.174 e. The summed E-state index contributed by atoms with van der Waals surface area (Å²) in [7, 11) is 0. The van der Waals surface area contributed by atoms with Crippen LogP contribution in [0.3, 0.4) is 0 Å². The molecule has 2 N–H and O–H groups in total. The molecule has 0 heterocycles. The van der Waals surface area contributed by atoms with Crippen LogP contribution >= 0.6 is 0 Å². The van der Waals surface area contributed by atoms with E-state index in [0.29, 0.717) is 18.4 Å². The SMILES string of the molecule is N#CCOc1cccc(CNCC2CCCCC2CO)c1. The van der Waals surface area contributed by atoms with Gasteiger partial charge in [-0.3, -0.25) is 0 Å². The zero-order chi connectivity index (χ0) is 14.9. The fourth-order valence-corrected chi connectivity index (χ4v) is 3.06. The van der Waals surface area contributed by atoms with Crippen molar-refractivity contribution in [3.63, 3.8) is 0 Å². The average molecular weight is 288 g/mol. The molecule has 0 spiro atoms. The van der Waals surface area contributed by atoms with E-state index in [9.17, 15) is 5.11 Å². The molecule has 0 amide bonds. The van der Waals surface area contributed by atoms with Crippen LogP contribution in [-0.2, 0) is 6.54 Å². The molecule has 1 fully saturated rings. The van der Waals surface area contributed by atoms with E-state index in [4.69, 9.17) is 10.00 Å². The highest BCUT2D eigenvalue weighted by Gasteiger charge is 2.23. The van der Waals surface area contributed by atoms with Gasteiger partial charge >= 0.3 is 0 Å². The predicted octanol–water partition coefficient (Wildman–Crippen LogP) is 2.48. The quantitative estimate of drug-likeness (QED) is 0.809. The van der Waals surface area contributed by atoms with Crippen molar-refractivity contribution in [3.8, 4) is 11.8 Å². The predicted molar refractivity (Wildman–Crippen MR) is 81.8 cm³/mol. The molecule has 1 aromatic carbocycles. The molecule has 0 saturated heterocycles. The molecule has 4 heteroatoms. The monoisotopic (exact) mass is 288 g/mol. The number of nitrogens with zero attached hydrogens (tertiary/aromatic N) is 1. The fourth-order valence-electron chi connectivity index (χ4n) is 3.06. The van der Waals surface area contributed by atoms with Crippen molar-refractivity contribution in [2.24, 2.45) is 11.8 Å². The number of hydrogen-bond acceptors (Lipinski definition) is 4. The lowest BCUT2D eigenvalue weighted by Gasteiger charge is -2.30. The second-order valence-corrected chi connectivity index (χ2v) is 5.71. The van der Waals surface area contributed by atoms with Crippen LogP contribution in [0.5, 0.6) is 5.75 Å². The third-order valence-electron chi connectivity index (χ3n) is 4.24. The molecule has 0 aliphatic heterocycles. The zero-order valence-electron chi connectivity index (χ0n) is 12.4. The topological polar surface area (TPSA) is 65.3 Å². The molecule has 0 aromatic heterocycles. The maximum absolute atomic E-state index is 9.43. The molecule has 1 aliphatic rings. The van der Waals surface area contributed by atoms with Crippen LogP contribution in [0.25, 0.3) is 0 Å². The Balaban J connectivity index is 1.78. The Bertz CT molecular complexity index is 470. The van der Waals surface area contributed by atoms with Crippen LogP contribution in [-0.4, -0.2) is 24.9 Å². The summed E-state index contributed by atoms with van der Waals surface area (Å²) in [6.07, 6.45) is 4.89. The van der Waals surface area contributed by atoms with Crippen LogP contribution in [0.15, 0.2) is 24.3 Å². The van der Waals surface area contributed by atoms with Gasteiger partial charge in [-0.1, -0.05) is 25.0 Å². The minimum absolute atomic E-state index is 0.0805. The first kappa shape index (κ1) is 15.8. The maximum atomic E-state index is 9.43. The van der Waals surface area contributed by atoms with E-state index in [1.54, 1.807) is 0 Å². The van der Waals surface area contributed by atoms with Crippen LogP contribution in [0.2, 0.25) is 0 Å². The Hall–Kier alpha value is -1.57. The van der Waals surface area contributed by atoms with Crippen molar-refractivity contribution in [1.29, 1.82) is 5.26 Å². The number of hydrogen-bond donors (Lipinski definition) is 2. The Morgan fingerprint density at radius 2 is 2.10 bits per heavy atom. The molecule has 2 unspecified atom stereocenters. The average Bonchev–Trinajstić information content (AvgIpc) is 2.54. The van der Waals surface area contributed by atoms with E-state index in [1.807, 2.05) is 24.3 Å². The minimum Gasteiger partial charge on any atom is -0.479 e. The van der Waals surface area contributed by atoms with Gasteiger partial charge in [0.2, 0.25) is 0 Å². The third kappa shape index (κ3) is 5.04. The van der Waals surface area contributed by atoms with Crippen LogP contribution in [0.1, 0.15) is 31.2 Å². The Morgan fingerprint density at radius 3 is 2.86 bits per heavy atom. The summed E-state index contributed by atoms with van der Waals surface area (Å²) in [5, 5.41) is 21.4. The van der Waals surface area contributed by atoms with E-state index in [1.165, 1.54) is 19.3 Å². The first-order valence-electron chi connectivity index (χ1n) is 7.73. The third-order valence-corrected chi connectivity index (χ3v) is 4.24. The molecular formula is C17H24N2O2. The summed E-state index contributed by atoms with van der Waals surface area (Å²) >= 11 is 0. The van der Waals surface area contributed by atoms with Gasteiger partial charge in [0.25, 0.3) is 0 Å². The van der Waals surface area contributed by atoms with Crippen molar-refractivity contribution in [2.75, 3.05) is 19.8 Å². The molecule has 0 radical (unpaired) electrons. The van der Waals surface area contributed by atoms with Gasteiger partial charge in [0, 0.05) is 13.2 Å². The molecule has 1 saturated carbocycles. The van der Waals surface area contributed by atoms with E-state index < -0.39 is 0 Å². The Morgan fingerprint density at radius 1 is 1.29 bits per heavy atom. The number of ether oxygens (including phenoxy) is 1. The second-order valence-electron chi connectivity index (χ2n) is 5.71. The first-order chi connectivity index (χ1) is 10.3. The van der Waals surface area contributed by atoms with Crippen molar-refractivity contribution in [3.05, 3.63) is 29.8 Å². The highest BCUT2D eigenvalue weighted by Crippen LogP contribution is 2.29. The molecule has 2 rings (SSSR count). The van der Waals surface area contributed by atoms with Gasteiger partial charge < -0.3 is 15.2 Å². The standard InChI is InChI=1S/C17H24N2O2/c18-8-9-21-17-7-3-4-14(10-17)11-19-12-15-5-1-2-6-16(15)13-20/h3-4,7,10,15-16,19-20H,1-2,5-6,9,11-13H2. The Labute approximate surface area is 126 Å². The molecule has 114 valence electrons. The molecule has 4 nitrogen and oxygen atoms in total. The van der Waals surface area contributed by atoms with Crippen molar-refractivity contribution < 1.29 is 9.84 Å². The van der Waals surface area contributed by atoms with Gasteiger partial charge in [0.15, 0.2) is 6.61 Å². The highest BCUT2D eigenvalue weighted by atomic mass is 16.5. The maximum Gasteiger partial charge on any atom is 0.174 e. The normalized spacial score (nSPS) is 21.7. The molecule has 2 atom stereocenters. The molecule has 1 aliphatic carbocycles. The number of aliphatic hydroxyl groups excluding tert-OH is 1. The van der Waals surface area contributed by atoms with E-state index in [-0.39, 0.29) is 6.61 Å². The number of nitrogens with one attached hydrogen (secondary N) is 1. The van der Waals surface area contributed by atoms with Crippen LogP contribution < -0.4 is 10.1 Å². The number of aliphatic hydroxyl groups is 1. The van der Waals surface area contributed by atoms with E-state index in [2.05, 4.69) is 11.4 Å². The van der Waals surface area contributed by atoms with E-state index in [0.717, 1.165) is 30.8 Å². The summed E-state index contributed by atoms with van der Waals surface area (Å²) < 4.78 is 5.30. The van der Waals surface area contributed by atoms with Gasteiger partial charge in [0.1, 0.15) is 11.8 Å². The number of rotatable bonds is 7. The molecule has 0 bridgehead atoms. The van der Waals surface area contributed by atoms with Crippen molar-refractivity contribution in [2.45, 2.75) is 32.2 Å². The number of benzene rings is 1. The zero-order valence-corrected chi connectivity index (χ0v) is 12.4. The minimum atomic E-state index is 0.0805. The van der Waals surface area contributed by atoms with Crippen molar-refractivity contribution >= 4 is 0 Å². The van der Waals surface area contributed by atoms with E-state index >= 15 is 0 Å². The summed E-state index contributed by atoms with van der Waals surface area (Å²) in [4.78, 5) is 0. The van der Waals surface area contributed by atoms with Gasteiger partial charge in [-0.2, -0.15) is 5.26 Å². The lowest BCUT2D eigenvalue weighted by Crippen LogP contribution is -2.32. The summed E-state index contributed by atoms with van der Waals surface area (Å²) in [6.45, 7) is 2.13. The summed E-state index contributed by atoms with van der Waals surface area (Å²) in [5.41, 5.74) is 1.15. The largest absolute Gasteiger partial charge is 0.479 e. The van der Waals surface area contributed by atoms with Crippen molar-refractivity contribution in [1.82, 2.24) is 5.32 Å². The molecule has 1 aromatic rings. The number of nitriles is 1. The fraction of sp³-hybridized carbons (Fsp3) is 0.588. The Kier molecular flexibility index (Phi) is 6.52. The lowest BCUT2D eigenvalue weighted by atomic mass is 9.79. The highest BCUT2D eigenvalue weighted by molar-refractivity contribution is 5.28. The van der Waals surface area contributed by atoms with Gasteiger partial charge in [-0.25, -0.2) is 0 Å². The van der Waals surface area contributed by atoms with Gasteiger partial charge in [-0.15, -0.1) is 0 Å². The lowest BCUT2D eigenvalue weighted by molar-refractivity contribution is 0.133. The second kappa shape index (κ2) is 8.66. The van der Waals surface area contributed by atoms with Gasteiger partial charge in [0.05, 0.1) is 0 Å². The van der Waals surface area contributed by atoms with Crippen LogP contribution in [0.4, 0.5) is 0 Å². The summed E-state index contributed by atoms with van der Waals surface area (Å²) in [6, 6.07) is 9.80. The summed E-state index contributed by atoms with van der Waals surface area (Å²) in [5.74, 6) is 1.78. The van der Waals surface area contributed by atoms with Crippen LogP contribution in [0, 0.1) is 23.2 Å².